The smallest absolute Gasteiger partial charge is 0.412 e. The van der Waals surface area contributed by atoms with Gasteiger partial charge in [0.2, 0.25) is 10.0 Å². The number of anilines is 1. The maximum atomic E-state index is 12.3. The summed E-state index contributed by atoms with van der Waals surface area (Å²) in [6.45, 7) is 6.94. The van der Waals surface area contributed by atoms with Gasteiger partial charge in [-0.2, -0.15) is 0 Å². The number of hydrogen-bond donors (Lipinski definition) is 3. The van der Waals surface area contributed by atoms with E-state index in [1.807, 2.05) is 6.92 Å². The molecule has 1 amide bonds. The summed E-state index contributed by atoms with van der Waals surface area (Å²) in [7, 11) is -3.73. The van der Waals surface area contributed by atoms with E-state index in [0.29, 0.717) is 11.3 Å². The van der Waals surface area contributed by atoms with Crippen molar-refractivity contribution in [1.82, 2.24) is 4.72 Å². The zero-order valence-electron chi connectivity index (χ0n) is 16.4. The Morgan fingerprint density at radius 2 is 1.79 bits per heavy atom. The summed E-state index contributed by atoms with van der Waals surface area (Å²) in [5.74, 6) is 0. The lowest BCUT2D eigenvalue weighted by Gasteiger charge is -2.20. The van der Waals surface area contributed by atoms with Crippen molar-refractivity contribution in [3.8, 4) is 0 Å². The Morgan fingerprint density at radius 1 is 1.14 bits per heavy atom. The van der Waals surface area contributed by atoms with Gasteiger partial charge in [0.05, 0.1) is 11.0 Å². The van der Waals surface area contributed by atoms with Crippen LogP contribution in [0.5, 0.6) is 0 Å². The van der Waals surface area contributed by atoms with E-state index in [-0.39, 0.29) is 11.4 Å². The fraction of sp³-hybridized carbons (Fsp3) is 0.350. The first kappa shape index (κ1) is 21.9. The number of aryl methyl sites for hydroxylation is 1. The summed E-state index contributed by atoms with van der Waals surface area (Å²) in [6.07, 6.45) is -1.69. The van der Waals surface area contributed by atoms with Crippen molar-refractivity contribution in [1.29, 1.82) is 0 Å². The number of hydrogen-bond acceptors (Lipinski definition) is 5. The second-order valence-electron chi connectivity index (χ2n) is 7.43. The standard InChI is InChI=1S/C20H26N2O5S/c1-14-8-10-17(11-9-14)28(25,26)21-13-18(23)15-6-5-7-16(12-15)22-19(24)27-20(2,3)4/h5-12,18,21,23H,13H2,1-4H3,(H,22,24). The lowest BCUT2D eigenvalue weighted by molar-refractivity contribution is 0.0636. The average Bonchev–Trinajstić information content (AvgIpc) is 2.58. The summed E-state index contributed by atoms with van der Waals surface area (Å²) < 4.78 is 32.2. The third kappa shape index (κ3) is 6.63. The first-order chi connectivity index (χ1) is 13.0. The number of aliphatic hydroxyl groups is 1. The zero-order chi connectivity index (χ0) is 20.9. The molecule has 0 aromatic heterocycles. The van der Waals surface area contributed by atoms with Crippen LogP contribution in [0.1, 0.15) is 38.0 Å². The number of carbonyl (C=O) groups excluding carboxylic acids is 1. The van der Waals surface area contributed by atoms with E-state index in [2.05, 4.69) is 10.0 Å². The van der Waals surface area contributed by atoms with Crippen molar-refractivity contribution in [3.05, 3.63) is 59.7 Å². The molecule has 3 N–H and O–H groups in total. The van der Waals surface area contributed by atoms with Crippen molar-refractivity contribution in [2.75, 3.05) is 11.9 Å². The molecule has 0 heterocycles. The van der Waals surface area contributed by atoms with E-state index in [0.717, 1.165) is 5.56 Å². The molecule has 2 aromatic carbocycles. The molecule has 7 nitrogen and oxygen atoms in total. The number of carbonyl (C=O) groups is 1. The lowest BCUT2D eigenvalue weighted by Crippen LogP contribution is -2.29. The fourth-order valence-corrected chi connectivity index (χ4v) is 3.39. The van der Waals surface area contributed by atoms with Gasteiger partial charge in [0, 0.05) is 12.2 Å². The Labute approximate surface area is 165 Å². The van der Waals surface area contributed by atoms with Crippen molar-refractivity contribution in [3.63, 3.8) is 0 Å². The average molecular weight is 407 g/mol. The van der Waals surface area contributed by atoms with Crippen LogP contribution in [0.4, 0.5) is 10.5 Å². The van der Waals surface area contributed by atoms with Gasteiger partial charge in [0.25, 0.3) is 0 Å². The molecular weight excluding hydrogens is 380 g/mol. The van der Waals surface area contributed by atoms with Gasteiger partial charge >= 0.3 is 6.09 Å². The van der Waals surface area contributed by atoms with Gasteiger partial charge in [-0.15, -0.1) is 0 Å². The molecule has 0 aliphatic rings. The third-order valence-corrected chi connectivity index (χ3v) is 5.15. The van der Waals surface area contributed by atoms with Crippen LogP contribution in [0, 0.1) is 6.92 Å². The van der Waals surface area contributed by atoms with Crippen molar-refractivity contribution < 1.29 is 23.1 Å². The lowest BCUT2D eigenvalue weighted by atomic mass is 10.1. The van der Waals surface area contributed by atoms with Gasteiger partial charge in [-0.05, 0) is 57.5 Å². The molecule has 2 aromatic rings. The number of nitrogens with one attached hydrogen (secondary N) is 2. The van der Waals surface area contributed by atoms with E-state index in [1.54, 1.807) is 57.2 Å². The zero-order valence-corrected chi connectivity index (χ0v) is 17.2. The maximum absolute atomic E-state index is 12.3. The normalized spacial score (nSPS) is 13.0. The Kier molecular flexibility index (Phi) is 6.82. The Hall–Kier alpha value is -2.42. The highest BCUT2D eigenvalue weighted by atomic mass is 32.2. The van der Waals surface area contributed by atoms with E-state index >= 15 is 0 Å². The molecule has 1 atom stereocenters. The highest BCUT2D eigenvalue weighted by Crippen LogP contribution is 2.19. The molecule has 0 saturated heterocycles. The fourth-order valence-electron chi connectivity index (χ4n) is 2.35. The summed E-state index contributed by atoms with van der Waals surface area (Å²) in [5.41, 5.74) is 1.22. The summed E-state index contributed by atoms with van der Waals surface area (Å²) in [5, 5.41) is 12.9. The van der Waals surface area contributed by atoms with Crippen molar-refractivity contribution in [2.45, 2.75) is 44.3 Å². The van der Waals surface area contributed by atoms with E-state index < -0.39 is 27.8 Å². The van der Waals surface area contributed by atoms with Crippen LogP contribution >= 0.6 is 0 Å². The van der Waals surface area contributed by atoms with Gasteiger partial charge < -0.3 is 9.84 Å². The minimum Gasteiger partial charge on any atom is -0.444 e. The molecule has 8 heteroatoms. The second kappa shape index (κ2) is 8.72. The number of ether oxygens (including phenoxy) is 1. The van der Waals surface area contributed by atoms with E-state index in [4.69, 9.17) is 4.74 Å². The highest BCUT2D eigenvalue weighted by Gasteiger charge is 2.18. The molecule has 152 valence electrons. The van der Waals surface area contributed by atoms with Crippen LogP contribution in [0.3, 0.4) is 0 Å². The molecule has 0 bridgehead atoms. The highest BCUT2D eigenvalue weighted by molar-refractivity contribution is 7.89. The number of rotatable bonds is 6. The SMILES string of the molecule is Cc1ccc(S(=O)(=O)NCC(O)c2cccc(NC(=O)OC(C)(C)C)c2)cc1. The molecule has 0 fully saturated rings. The predicted molar refractivity (Wildman–Crippen MR) is 108 cm³/mol. The third-order valence-electron chi connectivity index (χ3n) is 3.71. The first-order valence-corrected chi connectivity index (χ1v) is 10.3. The Morgan fingerprint density at radius 3 is 2.39 bits per heavy atom. The van der Waals surface area contributed by atoms with Gasteiger partial charge in [-0.25, -0.2) is 17.9 Å². The minimum atomic E-state index is -3.73. The number of amides is 1. The predicted octanol–water partition coefficient (Wildman–Crippen LogP) is 3.35. The van der Waals surface area contributed by atoms with Crippen molar-refractivity contribution in [2.24, 2.45) is 0 Å². The molecule has 0 aliphatic heterocycles. The molecule has 2 rings (SSSR count). The first-order valence-electron chi connectivity index (χ1n) is 8.81. The van der Waals surface area contributed by atoms with Crippen molar-refractivity contribution >= 4 is 21.8 Å². The topological polar surface area (TPSA) is 105 Å². The molecular formula is C20H26N2O5S. The Bertz CT molecular complexity index is 918. The van der Waals surface area contributed by atoms with Crippen LogP contribution in [0.2, 0.25) is 0 Å². The van der Waals surface area contributed by atoms with Gasteiger partial charge in [0.1, 0.15) is 5.60 Å². The molecule has 28 heavy (non-hydrogen) atoms. The van der Waals surface area contributed by atoms with Gasteiger partial charge in [0.15, 0.2) is 0 Å². The monoisotopic (exact) mass is 406 g/mol. The quantitative estimate of drug-likeness (QED) is 0.682. The van der Waals surface area contributed by atoms with Crippen LogP contribution in [-0.4, -0.2) is 31.8 Å². The minimum absolute atomic E-state index is 0.130. The molecule has 0 aliphatic carbocycles. The second-order valence-corrected chi connectivity index (χ2v) is 9.20. The summed E-state index contributed by atoms with van der Waals surface area (Å²) in [4.78, 5) is 12.0. The van der Waals surface area contributed by atoms with E-state index in [1.165, 1.54) is 12.1 Å². The molecule has 1 unspecified atom stereocenters. The largest absolute Gasteiger partial charge is 0.444 e. The van der Waals surface area contributed by atoms with Crippen LogP contribution in [0.15, 0.2) is 53.4 Å². The number of benzene rings is 2. The van der Waals surface area contributed by atoms with Gasteiger partial charge in [-0.3, -0.25) is 5.32 Å². The number of aliphatic hydroxyl groups excluding tert-OH is 1. The molecule has 0 radical (unpaired) electrons. The number of sulfonamides is 1. The maximum Gasteiger partial charge on any atom is 0.412 e. The molecule has 0 spiro atoms. The summed E-state index contributed by atoms with van der Waals surface area (Å²) in [6, 6.07) is 12.9. The van der Waals surface area contributed by atoms with Crippen LogP contribution in [0.25, 0.3) is 0 Å². The Balaban J connectivity index is 2.01. The molecule has 0 saturated carbocycles. The summed E-state index contributed by atoms with van der Waals surface area (Å²) >= 11 is 0. The van der Waals surface area contributed by atoms with Crippen LogP contribution < -0.4 is 10.0 Å². The van der Waals surface area contributed by atoms with Gasteiger partial charge in [-0.1, -0.05) is 29.8 Å². The van der Waals surface area contributed by atoms with E-state index in [9.17, 15) is 18.3 Å². The van der Waals surface area contributed by atoms with Crippen LogP contribution in [-0.2, 0) is 14.8 Å².